The topological polar surface area (TPSA) is 145 Å². The van der Waals surface area contributed by atoms with Crippen LogP contribution < -0.4 is 22.1 Å². The normalized spacial score (nSPS) is 11.1. The maximum absolute atomic E-state index is 12.6. The third-order valence-electron chi connectivity index (χ3n) is 4.16. The molecule has 10 heteroatoms. The van der Waals surface area contributed by atoms with Crippen LogP contribution in [0.25, 0.3) is 5.69 Å². The lowest BCUT2D eigenvalue weighted by Gasteiger charge is -2.21. The molecule has 2 heterocycles. The molecule has 0 bridgehead atoms. The number of carbonyl (C=O) groups is 3. The molecule has 3 aromatic rings. The van der Waals surface area contributed by atoms with Crippen molar-refractivity contribution >= 4 is 39.9 Å². The minimum atomic E-state index is -1.19. The van der Waals surface area contributed by atoms with Crippen LogP contribution in [0.15, 0.2) is 48.7 Å². The second-order valence-electron chi connectivity index (χ2n) is 6.75. The zero-order valence-corrected chi connectivity index (χ0v) is 16.6. The van der Waals surface area contributed by atoms with Crippen molar-refractivity contribution in [3.05, 3.63) is 59.1 Å². The summed E-state index contributed by atoms with van der Waals surface area (Å²) in [6, 6.07) is 12.3. The van der Waals surface area contributed by atoms with Crippen LogP contribution in [0.4, 0.5) is 10.8 Å². The van der Waals surface area contributed by atoms with Gasteiger partial charge in [-0.2, -0.15) is 5.10 Å². The smallest absolute Gasteiger partial charge is 0.262 e. The number of nitrogens with two attached hydrogens (primary N) is 2. The number of nitrogens with one attached hydrogen (secondary N) is 2. The first kappa shape index (κ1) is 20.1. The van der Waals surface area contributed by atoms with E-state index in [0.717, 1.165) is 17.0 Å². The molecule has 0 aliphatic heterocycles. The number of primary amides is 1. The van der Waals surface area contributed by atoms with Gasteiger partial charge in [0.1, 0.15) is 16.9 Å². The van der Waals surface area contributed by atoms with Crippen LogP contribution >= 0.6 is 11.3 Å². The van der Waals surface area contributed by atoms with E-state index >= 15 is 0 Å². The molecule has 0 aliphatic carbocycles. The van der Waals surface area contributed by atoms with E-state index in [4.69, 9.17) is 11.5 Å². The van der Waals surface area contributed by atoms with E-state index in [2.05, 4.69) is 15.7 Å². The average Bonchev–Trinajstić information content (AvgIpc) is 3.28. The minimum Gasteiger partial charge on any atom is -0.383 e. The van der Waals surface area contributed by atoms with Gasteiger partial charge >= 0.3 is 0 Å². The molecule has 1 aromatic carbocycles. The number of hydrogen-bond donors (Lipinski definition) is 4. The Hall–Kier alpha value is -3.66. The van der Waals surface area contributed by atoms with Crippen molar-refractivity contribution in [3.63, 3.8) is 0 Å². The van der Waals surface area contributed by atoms with E-state index in [1.54, 1.807) is 12.1 Å². The molecule has 29 heavy (non-hydrogen) atoms. The van der Waals surface area contributed by atoms with Gasteiger partial charge < -0.3 is 22.1 Å². The fourth-order valence-corrected chi connectivity index (χ4v) is 3.22. The number of rotatable bonds is 6. The Labute approximate surface area is 170 Å². The molecule has 150 valence electrons. The number of thiophene rings is 1. The molecule has 2 aromatic heterocycles. The van der Waals surface area contributed by atoms with E-state index in [-0.39, 0.29) is 11.4 Å². The Morgan fingerprint density at radius 2 is 1.76 bits per heavy atom. The molecule has 0 atom stereocenters. The van der Waals surface area contributed by atoms with Crippen molar-refractivity contribution in [3.8, 4) is 5.69 Å². The maximum atomic E-state index is 12.6. The molecule has 0 fully saturated rings. The van der Waals surface area contributed by atoms with Gasteiger partial charge in [0.25, 0.3) is 11.8 Å². The van der Waals surface area contributed by atoms with Gasteiger partial charge in [0, 0.05) is 0 Å². The average molecular weight is 412 g/mol. The second-order valence-corrected chi connectivity index (χ2v) is 7.84. The predicted molar refractivity (Wildman–Crippen MR) is 111 cm³/mol. The van der Waals surface area contributed by atoms with E-state index in [1.807, 2.05) is 30.3 Å². The van der Waals surface area contributed by atoms with Crippen molar-refractivity contribution in [1.82, 2.24) is 15.1 Å². The number of nitrogen functional groups attached to an aromatic ring is 1. The third kappa shape index (κ3) is 4.27. The Morgan fingerprint density at radius 1 is 1.07 bits per heavy atom. The summed E-state index contributed by atoms with van der Waals surface area (Å²) < 4.78 is 1.47. The van der Waals surface area contributed by atoms with E-state index in [0.29, 0.717) is 9.88 Å². The summed E-state index contributed by atoms with van der Waals surface area (Å²) in [5.41, 5.74) is 11.1. The van der Waals surface area contributed by atoms with Crippen molar-refractivity contribution < 1.29 is 14.4 Å². The number of aromatic nitrogens is 2. The zero-order chi connectivity index (χ0) is 21.2. The Bertz CT molecular complexity index is 1070. The van der Waals surface area contributed by atoms with Crippen LogP contribution in [0.2, 0.25) is 0 Å². The van der Waals surface area contributed by atoms with Crippen LogP contribution in [0.1, 0.15) is 33.9 Å². The van der Waals surface area contributed by atoms with Gasteiger partial charge in [-0.3, -0.25) is 14.4 Å². The molecule has 0 spiro atoms. The fraction of sp³-hybridized carbons (Fsp3) is 0.158. The Morgan fingerprint density at radius 3 is 2.41 bits per heavy atom. The molecule has 3 amide bonds. The summed E-state index contributed by atoms with van der Waals surface area (Å²) in [4.78, 5) is 36.6. The molecule has 0 radical (unpaired) electrons. The summed E-state index contributed by atoms with van der Waals surface area (Å²) in [7, 11) is 0. The van der Waals surface area contributed by atoms with Gasteiger partial charge in [-0.25, -0.2) is 4.68 Å². The predicted octanol–water partition coefficient (Wildman–Crippen LogP) is 1.76. The number of benzene rings is 1. The lowest BCUT2D eigenvalue weighted by molar-refractivity contribution is -0.122. The monoisotopic (exact) mass is 412 g/mol. The Balaban J connectivity index is 1.72. The lowest BCUT2D eigenvalue weighted by atomic mass is 10.1. The largest absolute Gasteiger partial charge is 0.383 e. The number of anilines is 2. The lowest BCUT2D eigenvalue weighted by Crippen LogP contribution is -2.52. The standard InChI is InChI=1S/C19H20N6O3S/c1-19(2,18(21)28)24-17(27)13-8-9-14(29-13)23-16(26)12-10-22-25(15(12)20)11-6-4-3-5-7-11/h3-10H,20H2,1-2H3,(H2,21,28)(H,23,26)(H,24,27). The van der Waals surface area contributed by atoms with Gasteiger partial charge in [0.05, 0.1) is 21.8 Å². The SMILES string of the molecule is CC(C)(NC(=O)c1ccc(NC(=O)c2cnn(-c3ccccc3)c2N)s1)C(N)=O. The van der Waals surface area contributed by atoms with Gasteiger partial charge in [-0.05, 0) is 38.1 Å². The number of amides is 3. The van der Waals surface area contributed by atoms with Crippen LogP contribution in [0, 0.1) is 0 Å². The first-order valence-electron chi connectivity index (χ1n) is 8.61. The van der Waals surface area contributed by atoms with Crippen LogP contribution in [-0.2, 0) is 4.79 Å². The molecule has 0 saturated heterocycles. The van der Waals surface area contributed by atoms with Crippen molar-refractivity contribution in [1.29, 1.82) is 0 Å². The molecular weight excluding hydrogens is 392 g/mol. The van der Waals surface area contributed by atoms with E-state index < -0.39 is 23.3 Å². The quantitative estimate of drug-likeness (QED) is 0.487. The molecule has 6 N–H and O–H groups in total. The van der Waals surface area contributed by atoms with Crippen LogP contribution in [-0.4, -0.2) is 33.0 Å². The van der Waals surface area contributed by atoms with Gasteiger partial charge in [0.2, 0.25) is 5.91 Å². The van der Waals surface area contributed by atoms with Crippen LogP contribution in [0.5, 0.6) is 0 Å². The summed E-state index contributed by atoms with van der Waals surface area (Å²) in [5.74, 6) is -1.36. The number of carbonyl (C=O) groups excluding carboxylic acids is 3. The number of para-hydroxylation sites is 1. The summed E-state index contributed by atoms with van der Waals surface area (Å²) in [6.07, 6.45) is 1.38. The third-order valence-corrected chi connectivity index (χ3v) is 5.16. The second kappa shape index (κ2) is 7.76. The highest BCUT2D eigenvalue weighted by Crippen LogP contribution is 2.24. The summed E-state index contributed by atoms with van der Waals surface area (Å²) in [6.45, 7) is 3.02. The van der Waals surface area contributed by atoms with Gasteiger partial charge in [-0.1, -0.05) is 18.2 Å². The molecule has 9 nitrogen and oxygen atoms in total. The maximum Gasteiger partial charge on any atom is 0.262 e. The first-order valence-corrected chi connectivity index (χ1v) is 9.43. The molecule has 0 saturated carbocycles. The Kier molecular flexibility index (Phi) is 5.37. The fourth-order valence-electron chi connectivity index (χ4n) is 2.42. The highest BCUT2D eigenvalue weighted by Gasteiger charge is 2.28. The highest BCUT2D eigenvalue weighted by atomic mass is 32.1. The van der Waals surface area contributed by atoms with E-state index in [1.165, 1.54) is 24.7 Å². The highest BCUT2D eigenvalue weighted by molar-refractivity contribution is 7.18. The molecule has 0 aliphatic rings. The number of hydrogen-bond acceptors (Lipinski definition) is 6. The number of nitrogens with zero attached hydrogens (tertiary/aromatic N) is 2. The molecular formula is C19H20N6O3S. The van der Waals surface area contributed by atoms with Crippen molar-refractivity contribution in [2.75, 3.05) is 11.1 Å². The first-order chi connectivity index (χ1) is 13.7. The molecule has 3 rings (SSSR count). The van der Waals surface area contributed by atoms with Crippen molar-refractivity contribution in [2.45, 2.75) is 19.4 Å². The zero-order valence-electron chi connectivity index (χ0n) is 15.8. The summed E-state index contributed by atoms with van der Waals surface area (Å²) in [5, 5.41) is 9.86. The minimum absolute atomic E-state index is 0.200. The van der Waals surface area contributed by atoms with Gasteiger partial charge in [0.15, 0.2) is 0 Å². The van der Waals surface area contributed by atoms with Crippen molar-refractivity contribution in [2.24, 2.45) is 5.73 Å². The summed E-state index contributed by atoms with van der Waals surface area (Å²) >= 11 is 1.06. The molecule has 0 unspecified atom stereocenters. The van der Waals surface area contributed by atoms with Crippen LogP contribution in [0.3, 0.4) is 0 Å². The van der Waals surface area contributed by atoms with E-state index in [9.17, 15) is 14.4 Å². The van der Waals surface area contributed by atoms with Gasteiger partial charge in [-0.15, -0.1) is 11.3 Å².